The first-order valence-electron chi connectivity index (χ1n) is 12.1. The smallest absolute Gasteiger partial charge is 0.269 e. The first kappa shape index (κ1) is 22.5. The van der Waals surface area contributed by atoms with Crippen LogP contribution in [-0.4, -0.2) is 65.0 Å². The standard InChI is InChI=1S/C26H32N6O2/c1-26(25-29-21-7-4-3-6-20(21)23(33)30-25)12-5-13-32(17-26)18-10-14-31(15-11-18)19-8-9-22(28-16-19)24(34)27-2/h3-4,6-9,16,18H,5,10-15,17H2,1-2H3,(H,27,34)(H,29,30,33). The van der Waals surface area contributed by atoms with E-state index in [0.29, 0.717) is 17.1 Å². The minimum atomic E-state index is -0.168. The summed E-state index contributed by atoms with van der Waals surface area (Å²) in [4.78, 5) is 41.6. The van der Waals surface area contributed by atoms with Crippen molar-refractivity contribution in [2.24, 2.45) is 0 Å². The normalized spacial score (nSPS) is 22.1. The maximum Gasteiger partial charge on any atom is 0.269 e. The molecule has 0 saturated carbocycles. The van der Waals surface area contributed by atoms with Gasteiger partial charge in [-0.1, -0.05) is 19.1 Å². The number of para-hydroxylation sites is 1. The number of piperidine rings is 2. The van der Waals surface area contributed by atoms with Crippen molar-refractivity contribution in [2.75, 3.05) is 38.1 Å². The van der Waals surface area contributed by atoms with Gasteiger partial charge in [0.15, 0.2) is 0 Å². The fraction of sp³-hybridized carbons (Fsp3) is 0.462. The molecule has 0 bridgehead atoms. The van der Waals surface area contributed by atoms with Crippen LogP contribution in [0.5, 0.6) is 0 Å². The van der Waals surface area contributed by atoms with Gasteiger partial charge in [0.2, 0.25) is 0 Å². The van der Waals surface area contributed by atoms with E-state index in [1.807, 2.05) is 30.3 Å². The fourth-order valence-corrected chi connectivity index (χ4v) is 5.48. The van der Waals surface area contributed by atoms with E-state index < -0.39 is 0 Å². The van der Waals surface area contributed by atoms with Gasteiger partial charge in [0.25, 0.3) is 11.5 Å². The first-order valence-corrected chi connectivity index (χ1v) is 12.1. The Hall–Kier alpha value is -3.26. The Bertz CT molecular complexity index is 1230. The Labute approximate surface area is 199 Å². The zero-order valence-corrected chi connectivity index (χ0v) is 19.9. The van der Waals surface area contributed by atoms with Crippen LogP contribution in [0.2, 0.25) is 0 Å². The molecule has 0 radical (unpaired) electrons. The van der Waals surface area contributed by atoms with Gasteiger partial charge in [0, 0.05) is 38.1 Å². The predicted octanol–water partition coefficient (Wildman–Crippen LogP) is 2.70. The number of hydrogen-bond donors (Lipinski definition) is 2. The molecular weight excluding hydrogens is 428 g/mol. The number of fused-ring (bicyclic) bond motifs is 1. The van der Waals surface area contributed by atoms with Crippen molar-refractivity contribution in [3.63, 3.8) is 0 Å². The topological polar surface area (TPSA) is 94.2 Å². The van der Waals surface area contributed by atoms with Crippen LogP contribution in [0.1, 0.15) is 48.9 Å². The van der Waals surface area contributed by atoms with E-state index in [-0.39, 0.29) is 16.9 Å². The van der Waals surface area contributed by atoms with Gasteiger partial charge in [-0.2, -0.15) is 0 Å². The number of benzene rings is 1. The molecule has 2 aliphatic rings. The second-order valence-electron chi connectivity index (χ2n) is 9.77. The van der Waals surface area contributed by atoms with Crippen molar-refractivity contribution in [1.29, 1.82) is 0 Å². The number of pyridine rings is 1. The largest absolute Gasteiger partial charge is 0.370 e. The van der Waals surface area contributed by atoms with Gasteiger partial charge in [-0.3, -0.25) is 14.5 Å². The number of carbonyl (C=O) groups excluding carboxylic acids is 1. The number of likely N-dealkylation sites (tertiary alicyclic amines) is 1. The Morgan fingerprint density at radius 2 is 1.94 bits per heavy atom. The van der Waals surface area contributed by atoms with Gasteiger partial charge in [-0.05, 0) is 56.5 Å². The predicted molar refractivity (Wildman–Crippen MR) is 133 cm³/mol. The molecule has 178 valence electrons. The molecule has 1 aromatic carbocycles. The van der Waals surface area contributed by atoms with Gasteiger partial charge in [0.1, 0.15) is 11.5 Å². The number of aromatic amines is 1. The molecule has 1 atom stereocenters. The molecule has 2 saturated heterocycles. The molecule has 34 heavy (non-hydrogen) atoms. The van der Waals surface area contributed by atoms with Crippen molar-refractivity contribution in [3.05, 3.63) is 64.5 Å². The van der Waals surface area contributed by atoms with Crippen molar-refractivity contribution in [3.8, 4) is 0 Å². The van der Waals surface area contributed by atoms with Crippen molar-refractivity contribution in [2.45, 2.75) is 44.1 Å². The molecule has 3 aromatic rings. The summed E-state index contributed by atoms with van der Waals surface area (Å²) < 4.78 is 0. The van der Waals surface area contributed by atoms with E-state index in [0.717, 1.165) is 68.9 Å². The summed E-state index contributed by atoms with van der Waals surface area (Å²) in [5.41, 5.74) is 2.05. The molecular formula is C26H32N6O2. The number of nitrogens with one attached hydrogen (secondary N) is 2. The molecule has 2 fully saturated rings. The molecule has 1 amide bonds. The summed E-state index contributed by atoms with van der Waals surface area (Å²) in [6, 6.07) is 11.8. The summed E-state index contributed by atoms with van der Waals surface area (Å²) in [7, 11) is 1.61. The number of aromatic nitrogens is 3. The molecule has 2 aliphatic heterocycles. The third kappa shape index (κ3) is 4.30. The maximum absolute atomic E-state index is 12.7. The molecule has 8 nitrogen and oxygen atoms in total. The second-order valence-corrected chi connectivity index (χ2v) is 9.77. The number of nitrogens with zero attached hydrogens (tertiary/aromatic N) is 4. The third-order valence-corrected chi connectivity index (χ3v) is 7.46. The molecule has 2 aromatic heterocycles. The average molecular weight is 461 g/mol. The Balaban J connectivity index is 1.26. The quantitative estimate of drug-likeness (QED) is 0.622. The summed E-state index contributed by atoms with van der Waals surface area (Å²) >= 11 is 0. The lowest BCUT2D eigenvalue weighted by Crippen LogP contribution is -2.53. The zero-order chi connectivity index (χ0) is 23.7. The highest BCUT2D eigenvalue weighted by Gasteiger charge is 2.38. The summed E-state index contributed by atoms with van der Waals surface area (Å²) in [6.45, 7) is 6.15. The Morgan fingerprint density at radius 3 is 2.68 bits per heavy atom. The molecule has 4 heterocycles. The van der Waals surface area contributed by atoms with Crippen LogP contribution < -0.4 is 15.8 Å². The van der Waals surface area contributed by atoms with Crippen LogP contribution in [0, 0.1) is 0 Å². The number of anilines is 1. The van der Waals surface area contributed by atoms with Crippen LogP contribution >= 0.6 is 0 Å². The van der Waals surface area contributed by atoms with E-state index in [1.54, 1.807) is 19.3 Å². The fourth-order valence-electron chi connectivity index (χ4n) is 5.48. The molecule has 1 unspecified atom stereocenters. The first-order chi connectivity index (χ1) is 16.5. The average Bonchev–Trinajstić information content (AvgIpc) is 2.88. The van der Waals surface area contributed by atoms with Gasteiger partial charge >= 0.3 is 0 Å². The molecule has 0 spiro atoms. The van der Waals surface area contributed by atoms with Crippen LogP contribution in [0.4, 0.5) is 5.69 Å². The summed E-state index contributed by atoms with van der Waals surface area (Å²) in [5.74, 6) is 0.640. The van der Waals surface area contributed by atoms with Crippen molar-refractivity contribution in [1.82, 2.24) is 25.2 Å². The highest BCUT2D eigenvalue weighted by atomic mass is 16.1. The lowest BCUT2D eigenvalue weighted by molar-refractivity contribution is 0.0912. The third-order valence-electron chi connectivity index (χ3n) is 7.46. The number of amides is 1. The van der Waals surface area contributed by atoms with Crippen LogP contribution in [0.25, 0.3) is 10.9 Å². The zero-order valence-electron chi connectivity index (χ0n) is 19.9. The highest BCUT2D eigenvalue weighted by Crippen LogP contribution is 2.34. The lowest BCUT2D eigenvalue weighted by atomic mass is 9.79. The highest BCUT2D eigenvalue weighted by molar-refractivity contribution is 5.92. The lowest BCUT2D eigenvalue weighted by Gasteiger charge is -2.46. The Kier molecular flexibility index (Phi) is 6.08. The monoisotopic (exact) mass is 460 g/mol. The van der Waals surface area contributed by atoms with E-state index in [9.17, 15) is 9.59 Å². The maximum atomic E-state index is 12.7. The van der Waals surface area contributed by atoms with E-state index in [1.165, 1.54) is 0 Å². The molecule has 5 rings (SSSR count). The van der Waals surface area contributed by atoms with Gasteiger partial charge in [-0.25, -0.2) is 9.97 Å². The number of carbonyl (C=O) groups is 1. The van der Waals surface area contributed by atoms with Crippen LogP contribution in [0.3, 0.4) is 0 Å². The van der Waals surface area contributed by atoms with Gasteiger partial charge in [-0.15, -0.1) is 0 Å². The van der Waals surface area contributed by atoms with Crippen molar-refractivity contribution < 1.29 is 4.79 Å². The van der Waals surface area contributed by atoms with Crippen molar-refractivity contribution >= 4 is 22.5 Å². The van der Waals surface area contributed by atoms with Crippen LogP contribution in [-0.2, 0) is 5.41 Å². The molecule has 0 aliphatic carbocycles. The molecule has 8 heteroatoms. The SMILES string of the molecule is CNC(=O)c1ccc(N2CCC(N3CCCC(C)(c4nc5ccccc5c(=O)[nH]4)C3)CC2)cn1. The second kappa shape index (κ2) is 9.18. The molecule has 2 N–H and O–H groups in total. The minimum absolute atomic E-state index is 0.0525. The Morgan fingerprint density at radius 1 is 1.15 bits per heavy atom. The minimum Gasteiger partial charge on any atom is -0.370 e. The summed E-state index contributed by atoms with van der Waals surface area (Å²) in [6.07, 6.45) is 6.07. The number of H-pyrrole nitrogens is 1. The van der Waals surface area contributed by atoms with Crippen LogP contribution in [0.15, 0.2) is 47.4 Å². The van der Waals surface area contributed by atoms with Gasteiger partial charge < -0.3 is 15.2 Å². The number of rotatable bonds is 4. The van der Waals surface area contributed by atoms with E-state index in [2.05, 4.69) is 32.0 Å². The summed E-state index contributed by atoms with van der Waals surface area (Å²) in [5, 5.41) is 3.25. The number of hydrogen-bond acceptors (Lipinski definition) is 6. The van der Waals surface area contributed by atoms with E-state index in [4.69, 9.17) is 4.98 Å². The van der Waals surface area contributed by atoms with E-state index >= 15 is 0 Å². The van der Waals surface area contributed by atoms with Gasteiger partial charge in [0.05, 0.1) is 22.8 Å².